The van der Waals surface area contributed by atoms with Crippen LogP contribution in [0.3, 0.4) is 0 Å². The molecule has 1 aliphatic carbocycles. The van der Waals surface area contributed by atoms with Gasteiger partial charge in [0.25, 0.3) is 0 Å². The predicted octanol–water partition coefficient (Wildman–Crippen LogP) is 4.66. The average molecular weight is 541 g/mol. The fraction of sp³-hybridized carbons (Fsp3) is 0.556. The summed E-state index contributed by atoms with van der Waals surface area (Å²) in [5, 5.41) is 12.1. The lowest BCUT2D eigenvalue weighted by atomic mass is 10.0. The van der Waals surface area contributed by atoms with Gasteiger partial charge in [0, 0.05) is 36.2 Å². The highest BCUT2D eigenvalue weighted by Crippen LogP contribution is 2.35. The maximum absolute atomic E-state index is 14.6. The minimum atomic E-state index is -0.454. The van der Waals surface area contributed by atoms with Crippen molar-refractivity contribution in [3.63, 3.8) is 0 Å². The highest BCUT2D eigenvalue weighted by Gasteiger charge is 2.41. The molecule has 202 valence electrons. The molecule has 0 radical (unpaired) electrons. The van der Waals surface area contributed by atoms with E-state index in [0.29, 0.717) is 28.5 Å². The van der Waals surface area contributed by atoms with Crippen LogP contribution in [-0.2, 0) is 4.79 Å². The van der Waals surface area contributed by atoms with Gasteiger partial charge in [-0.1, -0.05) is 11.6 Å². The van der Waals surface area contributed by atoms with Crippen molar-refractivity contribution < 1.29 is 9.18 Å². The van der Waals surface area contributed by atoms with Crippen molar-refractivity contribution in [2.24, 2.45) is 0 Å². The zero-order chi connectivity index (χ0) is 26.4. The summed E-state index contributed by atoms with van der Waals surface area (Å²) in [6.45, 7) is 6.52. The molecule has 0 spiro atoms. The van der Waals surface area contributed by atoms with Crippen LogP contribution in [0.4, 0.5) is 21.8 Å². The number of aromatic nitrogens is 4. The first-order valence-electron chi connectivity index (χ1n) is 13.7. The van der Waals surface area contributed by atoms with Crippen LogP contribution in [0.15, 0.2) is 24.4 Å². The Bertz CT molecular complexity index is 1330. The molecule has 38 heavy (non-hydrogen) atoms. The second-order valence-corrected chi connectivity index (χ2v) is 11.3. The van der Waals surface area contributed by atoms with E-state index in [9.17, 15) is 9.18 Å². The van der Waals surface area contributed by atoms with E-state index in [2.05, 4.69) is 25.5 Å². The largest absolute Gasteiger partial charge is 0.341 e. The average Bonchev–Trinajstić information content (AvgIpc) is 3.38. The molecule has 1 unspecified atom stereocenters. The summed E-state index contributed by atoms with van der Waals surface area (Å²) in [7, 11) is 0. The number of hydrogen-bond donors (Lipinski definition) is 2. The van der Waals surface area contributed by atoms with Crippen molar-refractivity contribution in [1.29, 1.82) is 0 Å². The predicted molar refractivity (Wildman–Crippen MR) is 147 cm³/mol. The van der Waals surface area contributed by atoms with Crippen LogP contribution in [0.25, 0.3) is 11.0 Å². The molecule has 0 bridgehead atoms. The lowest BCUT2D eigenvalue weighted by Gasteiger charge is -2.40. The standard InChI is InChI=1S/C27H34ClFN8O/c1-16(2)37-25-20(15-31-37)24(32-22-8-5-17(28)14-21(22)29)33-27(34-25)35-12-9-19(10-13-35)36(18-6-7-18)26(38)23-4-3-11-30-23/h5,8,14-16,18-19,23,30H,3-4,6-7,9-13H2,1-2H3,(H,32,33,34). The number of carbonyl (C=O) groups excluding carboxylic acids is 1. The van der Waals surface area contributed by atoms with Crippen molar-refractivity contribution in [2.75, 3.05) is 29.9 Å². The van der Waals surface area contributed by atoms with Gasteiger partial charge < -0.3 is 20.4 Å². The molecule has 3 aromatic rings. The SMILES string of the molecule is CC(C)n1ncc2c(Nc3ccc(Cl)cc3F)nc(N3CCC(N(C(=O)C4CCCN4)C4CC4)CC3)nc21. The molecule has 2 aromatic heterocycles. The minimum absolute atomic E-state index is 0.0300. The number of amides is 1. The van der Waals surface area contributed by atoms with Crippen LogP contribution in [0.2, 0.25) is 5.02 Å². The van der Waals surface area contributed by atoms with Gasteiger partial charge in [0.2, 0.25) is 11.9 Å². The molecule has 1 amide bonds. The number of fused-ring (bicyclic) bond motifs is 1. The number of halogens is 2. The van der Waals surface area contributed by atoms with E-state index in [0.717, 1.165) is 63.5 Å². The number of hydrogen-bond acceptors (Lipinski definition) is 7. The van der Waals surface area contributed by atoms with Gasteiger partial charge in [-0.2, -0.15) is 15.1 Å². The normalized spacial score (nSPS) is 20.4. The van der Waals surface area contributed by atoms with Gasteiger partial charge in [0.05, 0.1) is 23.3 Å². The summed E-state index contributed by atoms with van der Waals surface area (Å²) in [5.41, 5.74) is 0.988. The van der Waals surface area contributed by atoms with E-state index >= 15 is 0 Å². The maximum Gasteiger partial charge on any atom is 0.240 e. The summed E-state index contributed by atoms with van der Waals surface area (Å²) in [5.74, 6) is 0.905. The summed E-state index contributed by atoms with van der Waals surface area (Å²) >= 11 is 5.95. The Morgan fingerprint density at radius 3 is 2.58 bits per heavy atom. The van der Waals surface area contributed by atoms with Crippen molar-refractivity contribution in [1.82, 2.24) is 30.0 Å². The number of rotatable bonds is 7. The zero-order valence-electron chi connectivity index (χ0n) is 21.8. The second kappa shape index (κ2) is 10.3. The first-order valence-corrected chi connectivity index (χ1v) is 14.0. The molecule has 2 N–H and O–H groups in total. The molecule has 9 nitrogen and oxygen atoms in total. The summed E-state index contributed by atoms with van der Waals surface area (Å²) in [4.78, 5) is 27.4. The third-order valence-electron chi connectivity index (χ3n) is 7.81. The number of nitrogens with zero attached hydrogens (tertiary/aromatic N) is 6. The third kappa shape index (κ3) is 4.91. The fourth-order valence-corrected chi connectivity index (χ4v) is 5.84. The molecule has 1 saturated carbocycles. The van der Waals surface area contributed by atoms with Gasteiger partial charge in [0.15, 0.2) is 5.65 Å². The van der Waals surface area contributed by atoms with E-state index < -0.39 is 5.82 Å². The number of piperidine rings is 1. The molecule has 2 aliphatic heterocycles. The van der Waals surface area contributed by atoms with Crippen molar-refractivity contribution in [2.45, 2.75) is 76.5 Å². The van der Waals surface area contributed by atoms with E-state index in [-0.39, 0.29) is 29.7 Å². The molecule has 2 saturated heterocycles. The van der Waals surface area contributed by atoms with Crippen LogP contribution in [0, 0.1) is 5.82 Å². The topological polar surface area (TPSA) is 91.2 Å². The molecule has 1 aromatic carbocycles. The summed E-state index contributed by atoms with van der Waals surface area (Å²) in [6.07, 6.45) is 7.67. The number of benzene rings is 1. The van der Waals surface area contributed by atoms with Gasteiger partial charge in [-0.05, 0) is 77.1 Å². The molecular weight excluding hydrogens is 507 g/mol. The molecular formula is C27H34ClFN8O. The molecule has 3 aliphatic rings. The first kappa shape index (κ1) is 25.3. The van der Waals surface area contributed by atoms with E-state index in [1.165, 1.54) is 6.07 Å². The Labute approximate surface area is 226 Å². The Morgan fingerprint density at radius 1 is 1.16 bits per heavy atom. The van der Waals surface area contributed by atoms with Gasteiger partial charge in [0.1, 0.15) is 11.6 Å². The van der Waals surface area contributed by atoms with Crippen LogP contribution in [-0.4, -0.2) is 68.3 Å². The lowest BCUT2D eigenvalue weighted by molar-refractivity contribution is -0.136. The van der Waals surface area contributed by atoms with Crippen molar-refractivity contribution in [3.05, 3.63) is 35.2 Å². The van der Waals surface area contributed by atoms with Crippen molar-refractivity contribution >= 4 is 46.0 Å². The molecule has 1 atom stereocenters. The van der Waals surface area contributed by atoms with E-state index in [1.807, 2.05) is 18.5 Å². The molecule has 11 heteroatoms. The van der Waals surface area contributed by atoms with Gasteiger partial charge >= 0.3 is 0 Å². The third-order valence-corrected chi connectivity index (χ3v) is 8.04. The van der Waals surface area contributed by atoms with E-state index in [4.69, 9.17) is 21.6 Å². The quantitative estimate of drug-likeness (QED) is 0.450. The fourth-order valence-electron chi connectivity index (χ4n) is 5.68. The Kier molecular flexibility index (Phi) is 6.86. The monoisotopic (exact) mass is 540 g/mol. The van der Waals surface area contributed by atoms with E-state index in [1.54, 1.807) is 18.3 Å². The minimum Gasteiger partial charge on any atom is -0.341 e. The summed E-state index contributed by atoms with van der Waals surface area (Å²) in [6, 6.07) is 5.22. The molecule has 6 rings (SSSR count). The Morgan fingerprint density at radius 2 is 1.92 bits per heavy atom. The second-order valence-electron chi connectivity index (χ2n) is 10.9. The number of carbonyl (C=O) groups is 1. The first-order chi connectivity index (χ1) is 18.4. The Hall–Kier alpha value is -2.98. The molecule has 4 heterocycles. The zero-order valence-corrected chi connectivity index (χ0v) is 22.6. The number of nitrogens with one attached hydrogen (secondary N) is 2. The smallest absolute Gasteiger partial charge is 0.240 e. The van der Waals surface area contributed by atoms with Crippen molar-refractivity contribution in [3.8, 4) is 0 Å². The number of anilines is 3. The van der Waals surface area contributed by atoms with Crippen LogP contribution < -0.4 is 15.5 Å². The van der Waals surface area contributed by atoms with Crippen LogP contribution in [0.5, 0.6) is 0 Å². The van der Waals surface area contributed by atoms with Crippen LogP contribution >= 0.6 is 11.6 Å². The highest BCUT2D eigenvalue weighted by molar-refractivity contribution is 6.30. The molecule has 3 fully saturated rings. The lowest BCUT2D eigenvalue weighted by Crippen LogP contribution is -2.53. The maximum atomic E-state index is 14.6. The van der Waals surface area contributed by atoms with Gasteiger partial charge in [-0.25, -0.2) is 9.07 Å². The summed E-state index contributed by atoms with van der Waals surface area (Å²) < 4.78 is 16.5. The Balaban J connectivity index is 1.26. The van der Waals surface area contributed by atoms with Crippen LogP contribution in [0.1, 0.15) is 58.4 Å². The van der Waals surface area contributed by atoms with Gasteiger partial charge in [-0.3, -0.25) is 4.79 Å². The van der Waals surface area contributed by atoms with Gasteiger partial charge in [-0.15, -0.1) is 0 Å². The highest BCUT2D eigenvalue weighted by atomic mass is 35.5.